The molecule has 0 aliphatic rings. The molecule has 1 amide bonds. The molecule has 4 rings (SSSR count). The fourth-order valence-electron chi connectivity index (χ4n) is 3.89. The van der Waals surface area contributed by atoms with Crippen molar-refractivity contribution in [3.05, 3.63) is 59.7 Å². The van der Waals surface area contributed by atoms with Crippen LogP contribution in [0.3, 0.4) is 0 Å². The van der Waals surface area contributed by atoms with Crippen LogP contribution in [0.15, 0.2) is 53.7 Å². The number of para-hydroxylation sites is 1. The van der Waals surface area contributed by atoms with E-state index in [1.54, 1.807) is 11.8 Å². The largest absolute Gasteiger partial charge is 0.356 e. The molecule has 0 aliphatic heterocycles. The summed E-state index contributed by atoms with van der Waals surface area (Å²) in [5, 5.41) is 13.6. The fourth-order valence-corrected chi connectivity index (χ4v) is 4.61. The topological polar surface area (TPSA) is 72.7 Å². The van der Waals surface area contributed by atoms with Gasteiger partial charge in [0.15, 0.2) is 5.65 Å². The summed E-state index contributed by atoms with van der Waals surface area (Å²) in [5.74, 6) is 1.49. The molecule has 2 aromatic carbocycles. The summed E-state index contributed by atoms with van der Waals surface area (Å²) in [7, 11) is 0. The SMILES string of the molecule is Cc1cccc(Cn2c3ccccc3c3nnc(SCCCC(=O)NCCC(C)C)nc32)c1. The first-order valence-corrected chi connectivity index (χ1v) is 12.6. The number of aromatic nitrogens is 4. The summed E-state index contributed by atoms with van der Waals surface area (Å²) in [6, 6.07) is 16.8. The van der Waals surface area contributed by atoms with E-state index in [1.807, 2.05) is 12.1 Å². The van der Waals surface area contributed by atoms with Gasteiger partial charge in [0, 0.05) is 30.6 Å². The zero-order chi connectivity index (χ0) is 23.2. The van der Waals surface area contributed by atoms with E-state index in [4.69, 9.17) is 4.98 Å². The molecule has 7 heteroatoms. The molecule has 0 saturated heterocycles. The Hall–Kier alpha value is -2.93. The maximum absolute atomic E-state index is 12.0. The third-order valence-corrected chi connectivity index (χ3v) is 6.52. The standard InChI is InChI=1S/C26H31N5OS/c1-18(2)13-14-27-23(32)12-7-15-33-26-28-25-24(29-30-26)21-10-4-5-11-22(21)31(25)17-20-9-6-8-19(3)16-20/h4-6,8-11,16,18H,7,12-15,17H2,1-3H3,(H,27,32). The Balaban J connectivity index is 1.47. The molecule has 0 radical (unpaired) electrons. The molecular formula is C26H31N5OS. The fraction of sp³-hybridized carbons (Fsp3) is 0.385. The number of rotatable bonds is 10. The van der Waals surface area contributed by atoms with Crippen molar-refractivity contribution in [1.29, 1.82) is 0 Å². The van der Waals surface area contributed by atoms with E-state index in [0.717, 1.165) is 53.8 Å². The third-order valence-electron chi connectivity index (χ3n) is 5.60. The Morgan fingerprint density at radius 1 is 1.12 bits per heavy atom. The molecule has 2 aromatic heterocycles. The Labute approximate surface area is 199 Å². The molecule has 0 saturated carbocycles. The van der Waals surface area contributed by atoms with Crippen molar-refractivity contribution in [2.45, 2.75) is 51.7 Å². The molecule has 6 nitrogen and oxygen atoms in total. The van der Waals surface area contributed by atoms with Crippen LogP contribution in [0.1, 0.15) is 44.2 Å². The van der Waals surface area contributed by atoms with E-state index in [2.05, 4.69) is 77.3 Å². The third kappa shape index (κ3) is 5.90. The van der Waals surface area contributed by atoms with Gasteiger partial charge in [0.1, 0.15) is 5.52 Å². The minimum absolute atomic E-state index is 0.115. The van der Waals surface area contributed by atoms with Crippen molar-refractivity contribution in [3.63, 3.8) is 0 Å². The lowest BCUT2D eigenvalue weighted by molar-refractivity contribution is -0.121. The molecule has 0 unspecified atom stereocenters. The van der Waals surface area contributed by atoms with Gasteiger partial charge in [-0.2, -0.15) is 0 Å². The normalized spacial score (nSPS) is 11.5. The Bertz CT molecular complexity index is 1250. The van der Waals surface area contributed by atoms with Gasteiger partial charge in [-0.15, -0.1) is 10.2 Å². The minimum atomic E-state index is 0.115. The van der Waals surface area contributed by atoms with Gasteiger partial charge in [-0.3, -0.25) is 4.79 Å². The molecule has 172 valence electrons. The van der Waals surface area contributed by atoms with Gasteiger partial charge in [0.2, 0.25) is 11.1 Å². The van der Waals surface area contributed by atoms with Gasteiger partial charge in [-0.05, 0) is 37.3 Å². The highest BCUT2D eigenvalue weighted by molar-refractivity contribution is 7.99. The summed E-state index contributed by atoms with van der Waals surface area (Å²) in [5.41, 5.74) is 5.25. The van der Waals surface area contributed by atoms with Crippen molar-refractivity contribution >= 4 is 39.7 Å². The van der Waals surface area contributed by atoms with E-state index < -0.39 is 0 Å². The van der Waals surface area contributed by atoms with Crippen molar-refractivity contribution in [3.8, 4) is 0 Å². The summed E-state index contributed by atoms with van der Waals surface area (Å²) >= 11 is 1.56. The number of fused-ring (bicyclic) bond motifs is 3. The van der Waals surface area contributed by atoms with E-state index >= 15 is 0 Å². The van der Waals surface area contributed by atoms with Crippen molar-refractivity contribution in [1.82, 2.24) is 25.1 Å². The predicted molar refractivity (Wildman–Crippen MR) is 136 cm³/mol. The Kier molecular flexibility index (Phi) is 7.60. The van der Waals surface area contributed by atoms with Crippen molar-refractivity contribution in [2.24, 2.45) is 5.92 Å². The predicted octanol–water partition coefficient (Wildman–Crippen LogP) is 5.37. The average molecular weight is 462 g/mol. The molecule has 0 fully saturated rings. The Morgan fingerprint density at radius 3 is 2.79 bits per heavy atom. The lowest BCUT2D eigenvalue weighted by Crippen LogP contribution is -2.25. The van der Waals surface area contributed by atoms with E-state index in [0.29, 0.717) is 17.5 Å². The first-order chi connectivity index (χ1) is 16.0. The second kappa shape index (κ2) is 10.8. The van der Waals surface area contributed by atoms with Crippen LogP contribution in [0.5, 0.6) is 0 Å². The molecule has 0 spiro atoms. The number of hydrogen-bond donors (Lipinski definition) is 1. The van der Waals surface area contributed by atoms with E-state index in [-0.39, 0.29) is 5.91 Å². The molecule has 2 heterocycles. The van der Waals surface area contributed by atoms with Crippen molar-refractivity contribution < 1.29 is 4.79 Å². The van der Waals surface area contributed by atoms with Crippen LogP contribution in [0.25, 0.3) is 22.1 Å². The maximum atomic E-state index is 12.0. The highest BCUT2D eigenvalue weighted by Gasteiger charge is 2.15. The highest BCUT2D eigenvalue weighted by atomic mass is 32.2. The molecule has 0 atom stereocenters. The number of benzene rings is 2. The number of hydrogen-bond acceptors (Lipinski definition) is 5. The average Bonchev–Trinajstić information content (AvgIpc) is 3.10. The molecule has 0 aliphatic carbocycles. The second-order valence-corrected chi connectivity index (χ2v) is 9.91. The lowest BCUT2D eigenvalue weighted by atomic mass is 10.1. The second-order valence-electron chi connectivity index (χ2n) is 8.84. The first-order valence-electron chi connectivity index (χ1n) is 11.6. The number of carbonyl (C=O) groups is 1. The van der Waals surface area contributed by atoms with Gasteiger partial charge in [-0.25, -0.2) is 4.98 Å². The zero-order valence-corrected chi connectivity index (χ0v) is 20.4. The summed E-state index contributed by atoms with van der Waals surface area (Å²) in [4.78, 5) is 16.9. The van der Waals surface area contributed by atoms with Crippen LogP contribution in [0.2, 0.25) is 0 Å². The van der Waals surface area contributed by atoms with Crippen LogP contribution in [-0.4, -0.2) is 38.0 Å². The lowest BCUT2D eigenvalue weighted by Gasteiger charge is -2.08. The summed E-state index contributed by atoms with van der Waals surface area (Å²) in [6.45, 7) is 7.91. The summed E-state index contributed by atoms with van der Waals surface area (Å²) in [6.07, 6.45) is 2.32. The van der Waals surface area contributed by atoms with Crippen LogP contribution < -0.4 is 5.32 Å². The molecule has 1 N–H and O–H groups in total. The van der Waals surface area contributed by atoms with Gasteiger partial charge in [0.25, 0.3) is 0 Å². The van der Waals surface area contributed by atoms with Gasteiger partial charge in [-0.1, -0.05) is 73.6 Å². The minimum Gasteiger partial charge on any atom is -0.356 e. The number of thioether (sulfide) groups is 1. The molecule has 4 aromatic rings. The van der Waals surface area contributed by atoms with Crippen LogP contribution >= 0.6 is 11.8 Å². The highest BCUT2D eigenvalue weighted by Crippen LogP contribution is 2.28. The van der Waals surface area contributed by atoms with Gasteiger partial charge in [0.05, 0.1) is 5.52 Å². The van der Waals surface area contributed by atoms with Gasteiger partial charge < -0.3 is 9.88 Å². The van der Waals surface area contributed by atoms with Crippen molar-refractivity contribution in [2.75, 3.05) is 12.3 Å². The van der Waals surface area contributed by atoms with Crippen LogP contribution in [-0.2, 0) is 11.3 Å². The Morgan fingerprint density at radius 2 is 1.97 bits per heavy atom. The first kappa shape index (κ1) is 23.2. The van der Waals surface area contributed by atoms with Gasteiger partial charge >= 0.3 is 0 Å². The monoisotopic (exact) mass is 461 g/mol. The van der Waals surface area contributed by atoms with Crippen LogP contribution in [0, 0.1) is 12.8 Å². The van der Waals surface area contributed by atoms with Crippen LogP contribution in [0.4, 0.5) is 0 Å². The molecule has 0 bridgehead atoms. The number of aryl methyl sites for hydroxylation is 1. The molecule has 33 heavy (non-hydrogen) atoms. The number of carbonyl (C=O) groups excluding carboxylic acids is 1. The number of nitrogens with one attached hydrogen (secondary N) is 1. The van der Waals surface area contributed by atoms with E-state index in [9.17, 15) is 4.79 Å². The quantitative estimate of drug-likeness (QED) is 0.254. The zero-order valence-electron chi connectivity index (χ0n) is 19.5. The number of amides is 1. The maximum Gasteiger partial charge on any atom is 0.220 e. The number of nitrogens with zero attached hydrogens (tertiary/aromatic N) is 4. The summed E-state index contributed by atoms with van der Waals surface area (Å²) < 4.78 is 2.22. The van der Waals surface area contributed by atoms with E-state index in [1.165, 1.54) is 11.1 Å². The smallest absolute Gasteiger partial charge is 0.220 e. The molecular weight excluding hydrogens is 430 g/mol.